The number of carbonyl (C=O) groups is 3. The summed E-state index contributed by atoms with van der Waals surface area (Å²) in [6.45, 7) is 2.50. The highest BCUT2D eigenvalue weighted by Crippen LogP contribution is 2.35. The van der Waals surface area contributed by atoms with Crippen molar-refractivity contribution in [3.63, 3.8) is 0 Å². The number of nitrogens with zero attached hydrogens (tertiary/aromatic N) is 2. The van der Waals surface area contributed by atoms with Gasteiger partial charge in [-0.2, -0.15) is 0 Å². The molecule has 2 aromatic rings. The fourth-order valence-corrected chi connectivity index (χ4v) is 4.67. The number of fused-ring (bicyclic) bond motifs is 2. The molecule has 128 valence electrons. The Kier molecular flexibility index (Phi) is 3.92. The van der Waals surface area contributed by atoms with Crippen molar-refractivity contribution in [3.05, 3.63) is 57.3 Å². The SMILES string of the molecule is CCC1c2ccsc2CCN1C(=O)CN1C(=O)c2ccccc2C1=O. The van der Waals surface area contributed by atoms with E-state index in [-0.39, 0.29) is 30.3 Å². The molecule has 3 heterocycles. The Labute approximate surface area is 149 Å². The van der Waals surface area contributed by atoms with Crippen molar-refractivity contribution in [1.82, 2.24) is 9.80 Å². The Morgan fingerprint density at radius 2 is 1.84 bits per heavy atom. The van der Waals surface area contributed by atoms with Crippen molar-refractivity contribution < 1.29 is 14.4 Å². The Morgan fingerprint density at radius 3 is 2.48 bits per heavy atom. The predicted molar refractivity (Wildman–Crippen MR) is 94.6 cm³/mol. The van der Waals surface area contributed by atoms with E-state index in [4.69, 9.17) is 0 Å². The first-order chi connectivity index (χ1) is 12.1. The maximum absolute atomic E-state index is 12.9. The van der Waals surface area contributed by atoms with E-state index in [0.717, 1.165) is 17.7 Å². The van der Waals surface area contributed by atoms with Crippen molar-refractivity contribution >= 4 is 29.1 Å². The largest absolute Gasteiger partial charge is 0.334 e. The maximum atomic E-state index is 12.9. The molecule has 0 radical (unpaired) electrons. The number of imide groups is 1. The molecule has 0 spiro atoms. The minimum Gasteiger partial charge on any atom is -0.334 e. The molecular formula is C19H18N2O3S. The molecule has 0 saturated heterocycles. The summed E-state index contributed by atoms with van der Waals surface area (Å²) in [5, 5.41) is 2.06. The molecule has 2 aliphatic rings. The number of rotatable bonds is 3. The van der Waals surface area contributed by atoms with E-state index < -0.39 is 0 Å². The molecule has 0 N–H and O–H groups in total. The molecular weight excluding hydrogens is 336 g/mol. The molecule has 5 nitrogen and oxygen atoms in total. The highest BCUT2D eigenvalue weighted by Gasteiger charge is 2.38. The fraction of sp³-hybridized carbons (Fsp3) is 0.316. The number of hydrogen-bond donors (Lipinski definition) is 0. The van der Waals surface area contributed by atoms with Crippen LogP contribution < -0.4 is 0 Å². The number of amides is 3. The van der Waals surface area contributed by atoms with Gasteiger partial charge in [-0.3, -0.25) is 19.3 Å². The van der Waals surface area contributed by atoms with E-state index in [2.05, 4.69) is 18.4 Å². The van der Waals surface area contributed by atoms with Crippen LogP contribution in [0.25, 0.3) is 0 Å². The summed E-state index contributed by atoms with van der Waals surface area (Å²) in [6.07, 6.45) is 1.65. The standard InChI is InChI=1S/C19H18N2O3S/c1-2-15-14-8-10-25-16(14)7-9-20(15)17(22)11-21-18(23)12-5-3-4-6-13(12)19(21)24/h3-6,8,10,15H,2,7,9,11H2,1H3. The van der Waals surface area contributed by atoms with Crippen molar-refractivity contribution in [1.29, 1.82) is 0 Å². The van der Waals surface area contributed by atoms with Crippen molar-refractivity contribution in [2.75, 3.05) is 13.1 Å². The van der Waals surface area contributed by atoms with E-state index in [0.29, 0.717) is 17.7 Å². The molecule has 4 rings (SSSR count). The third-order valence-corrected chi connectivity index (χ3v) is 5.97. The van der Waals surface area contributed by atoms with Crippen LogP contribution in [0.2, 0.25) is 0 Å². The van der Waals surface area contributed by atoms with Crippen molar-refractivity contribution in [2.24, 2.45) is 0 Å². The van der Waals surface area contributed by atoms with Crippen LogP contribution in [0.5, 0.6) is 0 Å². The molecule has 2 aliphatic heterocycles. The van der Waals surface area contributed by atoms with Gasteiger partial charge in [0.05, 0.1) is 17.2 Å². The van der Waals surface area contributed by atoms with Gasteiger partial charge in [0.15, 0.2) is 0 Å². The number of carbonyl (C=O) groups excluding carboxylic acids is 3. The Balaban J connectivity index is 1.55. The summed E-state index contributed by atoms with van der Waals surface area (Å²) in [5.41, 5.74) is 1.96. The summed E-state index contributed by atoms with van der Waals surface area (Å²) < 4.78 is 0. The van der Waals surface area contributed by atoms with E-state index in [9.17, 15) is 14.4 Å². The lowest BCUT2D eigenvalue weighted by atomic mass is 9.97. The van der Waals surface area contributed by atoms with Crippen molar-refractivity contribution in [3.8, 4) is 0 Å². The number of benzene rings is 1. The molecule has 0 saturated carbocycles. The second-order valence-electron chi connectivity index (χ2n) is 6.30. The Morgan fingerprint density at radius 1 is 1.16 bits per heavy atom. The van der Waals surface area contributed by atoms with Crippen LogP contribution in [0.4, 0.5) is 0 Å². The topological polar surface area (TPSA) is 57.7 Å². The van der Waals surface area contributed by atoms with Crippen LogP contribution in [0.15, 0.2) is 35.7 Å². The third kappa shape index (κ3) is 2.48. The normalized spacial score (nSPS) is 19.2. The van der Waals surface area contributed by atoms with Gasteiger partial charge in [-0.1, -0.05) is 19.1 Å². The van der Waals surface area contributed by atoms with Crippen molar-refractivity contribution in [2.45, 2.75) is 25.8 Å². The van der Waals surface area contributed by atoms with Crippen LogP contribution in [0.1, 0.15) is 50.5 Å². The Bertz CT molecular complexity index is 838. The zero-order valence-corrected chi connectivity index (χ0v) is 14.7. The average Bonchev–Trinajstić information content (AvgIpc) is 3.20. The van der Waals surface area contributed by atoms with Crippen LogP contribution in [0, 0.1) is 0 Å². The van der Waals surface area contributed by atoms with Gasteiger partial charge in [0, 0.05) is 11.4 Å². The minimum absolute atomic E-state index is 0.0256. The summed E-state index contributed by atoms with van der Waals surface area (Å²) in [6, 6.07) is 8.82. The van der Waals surface area contributed by atoms with Gasteiger partial charge < -0.3 is 4.90 Å². The van der Waals surface area contributed by atoms with Crippen LogP contribution in [-0.2, 0) is 11.2 Å². The molecule has 3 amide bonds. The first-order valence-corrected chi connectivity index (χ1v) is 9.30. The highest BCUT2D eigenvalue weighted by molar-refractivity contribution is 7.10. The summed E-state index contributed by atoms with van der Waals surface area (Å²) >= 11 is 1.73. The minimum atomic E-state index is -0.379. The second kappa shape index (κ2) is 6.11. The molecule has 0 aliphatic carbocycles. The summed E-state index contributed by atoms with van der Waals surface area (Å²) in [4.78, 5) is 42.0. The predicted octanol–water partition coefficient (Wildman–Crippen LogP) is 2.88. The molecule has 1 aromatic carbocycles. The van der Waals surface area contributed by atoms with Gasteiger partial charge in [-0.05, 0) is 42.0 Å². The average molecular weight is 354 g/mol. The fourth-order valence-electron chi connectivity index (χ4n) is 3.74. The Hall–Kier alpha value is -2.47. The lowest BCUT2D eigenvalue weighted by Gasteiger charge is -2.36. The molecule has 1 unspecified atom stereocenters. The van der Waals surface area contributed by atoms with Crippen LogP contribution in [-0.4, -0.2) is 40.6 Å². The summed E-state index contributed by atoms with van der Waals surface area (Å²) in [5.74, 6) is -0.927. The van der Waals surface area contributed by atoms with Gasteiger partial charge in [-0.25, -0.2) is 0 Å². The first-order valence-electron chi connectivity index (χ1n) is 8.42. The highest BCUT2D eigenvalue weighted by atomic mass is 32.1. The third-order valence-electron chi connectivity index (χ3n) is 4.97. The van der Waals surface area contributed by atoms with E-state index in [1.807, 2.05) is 4.90 Å². The zero-order chi connectivity index (χ0) is 17.6. The maximum Gasteiger partial charge on any atom is 0.262 e. The first kappa shape index (κ1) is 16.0. The van der Waals surface area contributed by atoms with Crippen LogP contribution >= 0.6 is 11.3 Å². The lowest BCUT2D eigenvalue weighted by molar-refractivity contribution is -0.134. The van der Waals surface area contributed by atoms with E-state index in [1.54, 1.807) is 35.6 Å². The lowest BCUT2D eigenvalue weighted by Crippen LogP contribution is -2.46. The second-order valence-corrected chi connectivity index (χ2v) is 7.30. The van der Waals surface area contributed by atoms with Gasteiger partial charge in [0.25, 0.3) is 11.8 Å². The van der Waals surface area contributed by atoms with Gasteiger partial charge in [0.1, 0.15) is 6.54 Å². The smallest absolute Gasteiger partial charge is 0.262 e. The van der Waals surface area contributed by atoms with Gasteiger partial charge in [-0.15, -0.1) is 11.3 Å². The van der Waals surface area contributed by atoms with Crippen LogP contribution in [0.3, 0.4) is 0 Å². The molecule has 25 heavy (non-hydrogen) atoms. The zero-order valence-electron chi connectivity index (χ0n) is 13.9. The quantitative estimate of drug-likeness (QED) is 0.797. The number of hydrogen-bond acceptors (Lipinski definition) is 4. The molecule has 0 bridgehead atoms. The molecule has 6 heteroatoms. The summed E-state index contributed by atoms with van der Waals surface area (Å²) in [7, 11) is 0. The monoisotopic (exact) mass is 354 g/mol. The molecule has 1 atom stereocenters. The molecule has 1 aromatic heterocycles. The van der Waals surface area contributed by atoms with E-state index in [1.165, 1.54) is 10.4 Å². The van der Waals surface area contributed by atoms with Gasteiger partial charge >= 0.3 is 0 Å². The molecule has 0 fully saturated rings. The van der Waals surface area contributed by atoms with E-state index >= 15 is 0 Å². The van der Waals surface area contributed by atoms with Gasteiger partial charge in [0.2, 0.25) is 5.91 Å². The number of thiophene rings is 1.